The average Bonchev–Trinajstić information content (AvgIpc) is 3.26. The summed E-state index contributed by atoms with van der Waals surface area (Å²) < 4.78 is 0. The van der Waals surface area contributed by atoms with Gasteiger partial charge in [0.2, 0.25) is 17.7 Å². The standard InChI is InChI=1S/C21H36N6O6/c1-6-11(4)17(20(31)26-16(10(2)3)21(32)33)27-18(29)14(7-13-8-23-9-24-13)25-19(30)15(22)12(5)28/h8-12,14-17,28H,6-7,22H2,1-5H3,(H,23,24)(H,25,30)(H,26,31)(H,27,29)(H,32,33). The number of aliphatic hydroxyl groups excluding tert-OH is 1. The Morgan fingerprint density at radius 1 is 1.03 bits per heavy atom. The summed E-state index contributed by atoms with van der Waals surface area (Å²) >= 11 is 0. The zero-order valence-corrected chi connectivity index (χ0v) is 19.7. The van der Waals surface area contributed by atoms with E-state index in [0.717, 1.165) is 0 Å². The lowest BCUT2D eigenvalue weighted by Gasteiger charge is -2.29. The summed E-state index contributed by atoms with van der Waals surface area (Å²) in [6.07, 6.45) is 2.33. The number of carbonyl (C=O) groups excluding carboxylic acids is 3. The molecule has 33 heavy (non-hydrogen) atoms. The van der Waals surface area contributed by atoms with Crippen LogP contribution in [0, 0.1) is 11.8 Å². The number of carboxylic acids is 1. The van der Waals surface area contributed by atoms with Gasteiger partial charge in [-0.2, -0.15) is 0 Å². The zero-order chi connectivity index (χ0) is 25.3. The molecule has 0 radical (unpaired) electrons. The summed E-state index contributed by atoms with van der Waals surface area (Å²) in [5.74, 6) is -3.89. The van der Waals surface area contributed by atoms with Crippen LogP contribution in [0.2, 0.25) is 0 Å². The van der Waals surface area contributed by atoms with E-state index in [0.29, 0.717) is 12.1 Å². The first-order valence-electron chi connectivity index (χ1n) is 10.9. The van der Waals surface area contributed by atoms with Crippen LogP contribution in [0.1, 0.15) is 46.7 Å². The number of rotatable bonds is 13. The largest absolute Gasteiger partial charge is 0.480 e. The molecular formula is C21H36N6O6. The lowest BCUT2D eigenvalue weighted by atomic mass is 9.96. The lowest BCUT2D eigenvalue weighted by Crippen LogP contribution is -2.60. The van der Waals surface area contributed by atoms with E-state index in [9.17, 15) is 29.4 Å². The van der Waals surface area contributed by atoms with Crippen LogP contribution in [-0.2, 0) is 25.6 Å². The Balaban J connectivity index is 3.09. The third-order valence-corrected chi connectivity index (χ3v) is 5.46. The summed E-state index contributed by atoms with van der Waals surface area (Å²) in [4.78, 5) is 56.7. The normalized spacial score (nSPS) is 16.7. The number of carboxylic acid groups (broad SMARTS) is 1. The number of nitrogens with two attached hydrogens (primary N) is 1. The molecule has 0 aliphatic heterocycles. The molecule has 1 aromatic rings. The molecule has 0 saturated heterocycles. The quantitative estimate of drug-likeness (QED) is 0.189. The third-order valence-electron chi connectivity index (χ3n) is 5.46. The number of hydrogen-bond acceptors (Lipinski definition) is 7. The van der Waals surface area contributed by atoms with Crippen LogP contribution in [0.5, 0.6) is 0 Å². The molecular weight excluding hydrogens is 432 g/mol. The van der Waals surface area contributed by atoms with Gasteiger partial charge < -0.3 is 36.9 Å². The smallest absolute Gasteiger partial charge is 0.326 e. The lowest BCUT2D eigenvalue weighted by molar-refractivity contribution is -0.144. The summed E-state index contributed by atoms with van der Waals surface area (Å²) in [6, 6.07) is -4.53. The van der Waals surface area contributed by atoms with Crippen molar-refractivity contribution in [2.24, 2.45) is 17.6 Å². The second-order valence-electron chi connectivity index (χ2n) is 8.55. The Kier molecular flexibility index (Phi) is 11.0. The molecule has 1 rings (SSSR count). The van der Waals surface area contributed by atoms with Crippen molar-refractivity contribution in [1.82, 2.24) is 25.9 Å². The van der Waals surface area contributed by atoms with Gasteiger partial charge in [-0.05, 0) is 18.8 Å². The third kappa shape index (κ3) is 8.46. The van der Waals surface area contributed by atoms with Crippen molar-refractivity contribution in [2.45, 2.75) is 77.7 Å². The number of imidazole rings is 1. The summed E-state index contributed by atoms with van der Waals surface area (Å²) in [6.45, 7) is 8.26. The van der Waals surface area contributed by atoms with E-state index in [1.54, 1.807) is 20.8 Å². The van der Waals surface area contributed by atoms with E-state index in [2.05, 4.69) is 25.9 Å². The van der Waals surface area contributed by atoms with Crippen LogP contribution in [0.3, 0.4) is 0 Å². The monoisotopic (exact) mass is 468 g/mol. The molecule has 0 saturated carbocycles. The van der Waals surface area contributed by atoms with Crippen LogP contribution in [0.25, 0.3) is 0 Å². The molecule has 0 bridgehead atoms. The maximum atomic E-state index is 13.1. The number of nitrogens with one attached hydrogen (secondary N) is 4. The minimum absolute atomic E-state index is 0.0304. The van der Waals surface area contributed by atoms with E-state index in [1.165, 1.54) is 19.4 Å². The highest BCUT2D eigenvalue weighted by molar-refractivity contribution is 5.94. The van der Waals surface area contributed by atoms with E-state index in [1.807, 2.05) is 6.92 Å². The van der Waals surface area contributed by atoms with Gasteiger partial charge >= 0.3 is 5.97 Å². The first-order valence-corrected chi connectivity index (χ1v) is 10.9. The highest BCUT2D eigenvalue weighted by Gasteiger charge is 2.34. The Morgan fingerprint density at radius 2 is 1.64 bits per heavy atom. The number of H-pyrrole nitrogens is 1. The molecule has 1 heterocycles. The molecule has 6 atom stereocenters. The summed E-state index contributed by atoms with van der Waals surface area (Å²) in [5.41, 5.74) is 6.23. The number of aliphatic carboxylic acids is 1. The van der Waals surface area contributed by atoms with Crippen molar-refractivity contribution >= 4 is 23.7 Å². The van der Waals surface area contributed by atoms with Gasteiger partial charge in [0.25, 0.3) is 0 Å². The molecule has 12 heteroatoms. The fourth-order valence-corrected chi connectivity index (χ4v) is 3.02. The highest BCUT2D eigenvalue weighted by Crippen LogP contribution is 2.11. The van der Waals surface area contributed by atoms with Crippen LogP contribution >= 0.6 is 0 Å². The van der Waals surface area contributed by atoms with Crippen molar-refractivity contribution in [3.05, 3.63) is 18.2 Å². The van der Waals surface area contributed by atoms with Gasteiger partial charge in [0.05, 0.1) is 12.4 Å². The second-order valence-corrected chi connectivity index (χ2v) is 8.55. The van der Waals surface area contributed by atoms with Crippen LogP contribution in [0.15, 0.2) is 12.5 Å². The molecule has 8 N–H and O–H groups in total. The molecule has 1 aromatic heterocycles. The van der Waals surface area contributed by atoms with E-state index in [-0.39, 0.29) is 18.3 Å². The zero-order valence-electron chi connectivity index (χ0n) is 19.7. The Bertz CT molecular complexity index is 797. The number of nitrogens with zero attached hydrogens (tertiary/aromatic N) is 1. The number of hydrogen-bond donors (Lipinski definition) is 7. The number of aromatic nitrogens is 2. The minimum Gasteiger partial charge on any atom is -0.480 e. The molecule has 6 unspecified atom stereocenters. The van der Waals surface area contributed by atoms with E-state index in [4.69, 9.17) is 5.73 Å². The van der Waals surface area contributed by atoms with E-state index >= 15 is 0 Å². The molecule has 0 aromatic carbocycles. The Morgan fingerprint density at radius 3 is 2.09 bits per heavy atom. The summed E-state index contributed by atoms with van der Waals surface area (Å²) in [5, 5.41) is 26.6. The van der Waals surface area contributed by atoms with Crippen LogP contribution < -0.4 is 21.7 Å². The topological polar surface area (TPSA) is 200 Å². The first kappa shape index (κ1) is 28.0. The Hall–Kier alpha value is -2.99. The molecule has 12 nitrogen and oxygen atoms in total. The fourth-order valence-electron chi connectivity index (χ4n) is 3.02. The molecule has 0 fully saturated rings. The molecule has 186 valence electrons. The number of carbonyl (C=O) groups is 4. The summed E-state index contributed by atoms with van der Waals surface area (Å²) in [7, 11) is 0. The predicted molar refractivity (Wildman–Crippen MR) is 120 cm³/mol. The number of amides is 3. The molecule has 0 aliphatic carbocycles. The SMILES string of the molecule is CCC(C)C(NC(=O)C(Cc1cnc[nH]1)NC(=O)C(N)C(C)O)C(=O)NC(C(=O)O)C(C)C. The van der Waals surface area contributed by atoms with Gasteiger partial charge in [-0.15, -0.1) is 0 Å². The molecule has 0 spiro atoms. The van der Waals surface area contributed by atoms with Gasteiger partial charge in [-0.3, -0.25) is 14.4 Å². The predicted octanol–water partition coefficient (Wildman–Crippen LogP) is -1.10. The van der Waals surface area contributed by atoms with Gasteiger partial charge in [0.1, 0.15) is 24.2 Å². The molecule has 3 amide bonds. The van der Waals surface area contributed by atoms with Crippen molar-refractivity contribution in [2.75, 3.05) is 0 Å². The van der Waals surface area contributed by atoms with Crippen LogP contribution in [-0.4, -0.2) is 74.1 Å². The van der Waals surface area contributed by atoms with E-state index < -0.39 is 54.0 Å². The number of aliphatic hydroxyl groups is 1. The minimum atomic E-state index is -1.25. The number of aromatic amines is 1. The van der Waals surface area contributed by atoms with Gasteiger partial charge in [-0.1, -0.05) is 34.1 Å². The molecule has 0 aliphatic rings. The van der Waals surface area contributed by atoms with Gasteiger partial charge in [0, 0.05) is 18.3 Å². The second kappa shape index (κ2) is 12.9. The maximum Gasteiger partial charge on any atom is 0.326 e. The van der Waals surface area contributed by atoms with Crippen molar-refractivity contribution in [3.8, 4) is 0 Å². The van der Waals surface area contributed by atoms with Gasteiger partial charge in [-0.25, -0.2) is 9.78 Å². The van der Waals surface area contributed by atoms with Crippen molar-refractivity contribution in [1.29, 1.82) is 0 Å². The Labute approximate surface area is 193 Å². The van der Waals surface area contributed by atoms with Crippen LogP contribution in [0.4, 0.5) is 0 Å². The van der Waals surface area contributed by atoms with Gasteiger partial charge in [0.15, 0.2) is 0 Å². The van der Waals surface area contributed by atoms with Crippen molar-refractivity contribution < 1.29 is 29.4 Å². The first-order chi connectivity index (χ1) is 15.4. The highest BCUT2D eigenvalue weighted by atomic mass is 16.4. The average molecular weight is 469 g/mol. The van der Waals surface area contributed by atoms with Crippen molar-refractivity contribution in [3.63, 3.8) is 0 Å². The fraction of sp³-hybridized carbons (Fsp3) is 0.667. The maximum absolute atomic E-state index is 13.1.